The van der Waals surface area contributed by atoms with Crippen LogP contribution in [-0.2, 0) is 4.79 Å². The number of hydrogen-bond donors (Lipinski definition) is 3. The molecule has 0 aliphatic carbocycles. The topological polar surface area (TPSA) is 86.6 Å². The molecule has 3 rings (SSSR count). The maximum absolute atomic E-state index is 12.2. The summed E-state index contributed by atoms with van der Waals surface area (Å²) in [4.78, 5) is 25.3. The molecule has 0 spiro atoms. The molecule has 1 heterocycles. The van der Waals surface area contributed by atoms with Crippen molar-refractivity contribution in [3.63, 3.8) is 0 Å². The molecule has 0 unspecified atom stereocenters. The van der Waals surface area contributed by atoms with Gasteiger partial charge in [0.1, 0.15) is 11.4 Å². The van der Waals surface area contributed by atoms with Gasteiger partial charge < -0.3 is 15.5 Å². The summed E-state index contributed by atoms with van der Waals surface area (Å²) in [6.07, 6.45) is 1.39. The summed E-state index contributed by atoms with van der Waals surface area (Å²) in [6.45, 7) is 0. The Morgan fingerprint density at radius 2 is 1.70 bits per heavy atom. The van der Waals surface area contributed by atoms with Crippen molar-refractivity contribution < 1.29 is 19.8 Å². The first kappa shape index (κ1) is 18.7. The molecule has 0 fully saturated rings. The molecule has 1 amide bonds. The predicted octanol–water partition coefficient (Wildman–Crippen LogP) is 4.63. The second-order valence-electron chi connectivity index (χ2n) is 5.55. The Kier molecular flexibility index (Phi) is 5.59. The van der Waals surface area contributed by atoms with Crippen LogP contribution in [0.3, 0.4) is 0 Å². The summed E-state index contributed by atoms with van der Waals surface area (Å²) in [7, 11) is 0. The lowest BCUT2D eigenvalue weighted by Crippen LogP contribution is -2.27. The lowest BCUT2D eigenvalue weighted by molar-refractivity contribution is -0.132. The Bertz CT molecular complexity index is 1020. The van der Waals surface area contributed by atoms with Crippen LogP contribution < -0.4 is 5.32 Å². The Labute approximate surface area is 164 Å². The Hall–Kier alpha value is -3.09. The Balaban J connectivity index is 1.84. The lowest BCUT2D eigenvalue weighted by Gasteiger charge is -2.06. The minimum atomic E-state index is -1.25. The van der Waals surface area contributed by atoms with E-state index in [0.717, 1.165) is 10.4 Å². The Morgan fingerprint density at radius 3 is 2.37 bits per heavy atom. The lowest BCUT2D eigenvalue weighted by atomic mass is 10.2. The number of halogens is 1. The average molecular weight is 400 g/mol. The van der Waals surface area contributed by atoms with E-state index in [1.54, 1.807) is 12.1 Å². The average Bonchev–Trinajstić information content (AvgIpc) is 3.10. The fraction of sp³-hybridized carbons (Fsp3) is 0. The minimum absolute atomic E-state index is 0.0197. The third kappa shape index (κ3) is 4.55. The zero-order valence-corrected chi connectivity index (χ0v) is 15.4. The number of aliphatic carboxylic acids is 1. The van der Waals surface area contributed by atoms with Crippen molar-refractivity contribution >= 4 is 40.9 Å². The van der Waals surface area contributed by atoms with Crippen LogP contribution in [0.25, 0.3) is 16.5 Å². The van der Waals surface area contributed by atoms with Crippen LogP contribution in [-0.4, -0.2) is 22.1 Å². The number of benzene rings is 2. The number of phenolic OH excluding ortho intramolecular Hbond substituents is 1. The molecule has 3 N–H and O–H groups in total. The van der Waals surface area contributed by atoms with Crippen molar-refractivity contribution in [2.24, 2.45) is 0 Å². The van der Waals surface area contributed by atoms with E-state index in [-0.39, 0.29) is 17.0 Å². The van der Waals surface area contributed by atoms with E-state index < -0.39 is 11.9 Å². The van der Waals surface area contributed by atoms with Crippen LogP contribution in [0.1, 0.15) is 15.2 Å². The molecular formula is C20H14ClNO4S. The van der Waals surface area contributed by atoms with Crippen LogP contribution >= 0.6 is 22.9 Å². The van der Waals surface area contributed by atoms with Crippen molar-refractivity contribution in [1.29, 1.82) is 0 Å². The molecule has 0 atom stereocenters. The number of carbonyl (C=O) groups excluding carboxylic acids is 1. The highest BCUT2D eigenvalue weighted by molar-refractivity contribution is 7.16. The molecule has 0 bridgehead atoms. The molecule has 5 nitrogen and oxygen atoms in total. The SMILES string of the molecule is O=C(O)/C(=C\c1ccc(-c2ccccc2Cl)s1)NC(=O)c1ccc(O)cc1. The number of nitrogens with one attached hydrogen (secondary N) is 1. The van der Waals surface area contributed by atoms with E-state index in [1.165, 1.54) is 41.7 Å². The van der Waals surface area contributed by atoms with Gasteiger partial charge in [0.25, 0.3) is 5.91 Å². The van der Waals surface area contributed by atoms with Gasteiger partial charge in [0.2, 0.25) is 0 Å². The number of phenols is 1. The second-order valence-corrected chi connectivity index (χ2v) is 7.07. The summed E-state index contributed by atoms with van der Waals surface area (Å²) in [6, 6.07) is 16.5. The Morgan fingerprint density at radius 1 is 1.00 bits per heavy atom. The molecule has 2 aromatic carbocycles. The van der Waals surface area contributed by atoms with E-state index in [4.69, 9.17) is 11.6 Å². The van der Waals surface area contributed by atoms with Crippen molar-refractivity contribution in [1.82, 2.24) is 5.32 Å². The molecular weight excluding hydrogens is 386 g/mol. The quantitative estimate of drug-likeness (QED) is 0.546. The fourth-order valence-corrected chi connectivity index (χ4v) is 3.62. The monoisotopic (exact) mass is 399 g/mol. The normalized spacial score (nSPS) is 11.2. The van der Waals surface area contributed by atoms with Crippen molar-refractivity contribution in [3.05, 3.63) is 81.8 Å². The van der Waals surface area contributed by atoms with Gasteiger partial charge in [-0.3, -0.25) is 4.79 Å². The van der Waals surface area contributed by atoms with Crippen molar-refractivity contribution in [2.45, 2.75) is 0 Å². The number of hydrogen-bond acceptors (Lipinski definition) is 4. The van der Waals surface area contributed by atoms with Crippen LogP contribution in [0.4, 0.5) is 0 Å². The molecule has 7 heteroatoms. The van der Waals surface area contributed by atoms with Gasteiger partial charge in [-0.05, 0) is 48.5 Å². The molecule has 0 radical (unpaired) electrons. The van der Waals surface area contributed by atoms with E-state index >= 15 is 0 Å². The van der Waals surface area contributed by atoms with Gasteiger partial charge in [-0.15, -0.1) is 11.3 Å². The zero-order chi connectivity index (χ0) is 19.4. The van der Waals surface area contributed by atoms with Gasteiger partial charge in [0.05, 0.1) is 0 Å². The third-order valence-electron chi connectivity index (χ3n) is 3.66. The number of thiophene rings is 1. The van der Waals surface area contributed by atoms with Crippen LogP contribution in [0.2, 0.25) is 5.02 Å². The molecule has 0 aliphatic rings. The number of carboxylic acid groups (broad SMARTS) is 1. The van der Waals surface area contributed by atoms with Gasteiger partial charge in [-0.25, -0.2) is 4.79 Å². The molecule has 0 saturated carbocycles. The number of rotatable bonds is 5. The number of carbonyl (C=O) groups is 2. The van der Waals surface area contributed by atoms with Crippen LogP contribution in [0.5, 0.6) is 5.75 Å². The zero-order valence-electron chi connectivity index (χ0n) is 13.8. The van der Waals surface area contributed by atoms with Crippen molar-refractivity contribution in [2.75, 3.05) is 0 Å². The van der Waals surface area contributed by atoms with Gasteiger partial charge in [0.15, 0.2) is 0 Å². The van der Waals surface area contributed by atoms with Crippen LogP contribution in [0.15, 0.2) is 66.4 Å². The highest BCUT2D eigenvalue weighted by atomic mass is 35.5. The van der Waals surface area contributed by atoms with Gasteiger partial charge in [-0.2, -0.15) is 0 Å². The summed E-state index contributed by atoms with van der Waals surface area (Å²) in [5, 5.41) is 21.7. The van der Waals surface area contributed by atoms with E-state index in [2.05, 4.69) is 5.32 Å². The van der Waals surface area contributed by atoms with Gasteiger partial charge in [0, 0.05) is 25.9 Å². The summed E-state index contributed by atoms with van der Waals surface area (Å²) in [5.74, 6) is -1.81. The summed E-state index contributed by atoms with van der Waals surface area (Å²) in [5.41, 5.74) is 0.845. The predicted molar refractivity (Wildman–Crippen MR) is 106 cm³/mol. The third-order valence-corrected chi connectivity index (χ3v) is 5.06. The fourth-order valence-electron chi connectivity index (χ4n) is 2.34. The van der Waals surface area contributed by atoms with Gasteiger partial charge >= 0.3 is 5.97 Å². The number of aromatic hydroxyl groups is 1. The molecule has 27 heavy (non-hydrogen) atoms. The van der Waals surface area contributed by atoms with E-state index in [9.17, 15) is 19.8 Å². The molecule has 3 aromatic rings. The van der Waals surface area contributed by atoms with E-state index in [1.807, 2.05) is 24.3 Å². The molecule has 136 valence electrons. The van der Waals surface area contributed by atoms with Gasteiger partial charge in [-0.1, -0.05) is 29.8 Å². The highest BCUT2D eigenvalue weighted by Crippen LogP contribution is 2.33. The maximum Gasteiger partial charge on any atom is 0.352 e. The molecule has 0 saturated heterocycles. The molecule has 1 aromatic heterocycles. The first-order valence-corrected chi connectivity index (χ1v) is 9.03. The van der Waals surface area contributed by atoms with Crippen molar-refractivity contribution in [3.8, 4) is 16.2 Å². The van der Waals surface area contributed by atoms with Crippen LogP contribution in [0, 0.1) is 0 Å². The highest BCUT2D eigenvalue weighted by Gasteiger charge is 2.14. The largest absolute Gasteiger partial charge is 0.508 e. The van der Waals surface area contributed by atoms with E-state index in [0.29, 0.717) is 9.90 Å². The maximum atomic E-state index is 12.2. The minimum Gasteiger partial charge on any atom is -0.508 e. The summed E-state index contributed by atoms with van der Waals surface area (Å²) >= 11 is 7.56. The first-order valence-electron chi connectivity index (χ1n) is 7.84. The number of amides is 1. The first-order chi connectivity index (χ1) is 12.9. The smallest absolute Gasteiger partial charge is 0.352 e. The standard InChI is InChI=1S/C20H14ClNO4S/c21-16-4-2-1-3-15(16)18-10-9-14(27-18)11-17(20(25)26)22-19(24)12-5-7-13(23)8-6-12/h1-11,23H,(H,22,24)(H,25,26)/b17-11+. The molecule has 0 aliphatic heterocycles. The second kappa shape index (κ2) is 8.07. The summed E-state index contributed by atoms with van der Waals surface area (Å²) < 4.78 is 0. The number of carboxylic acids is 1.